The highest BCUT2D eigenvalue weighted by atomic mass is 16.2. The fraction of sp³-hybridized carbons (Fsp3) is 0.235. The van der Waals surface area contributed by atoms with E-state index in [2.05, 4.69) is 0 Å². The zero-order chi connectivity index (χ0) is 16.3. The van der Waals surface area contributed by atoms with Crippen molar-refractivity contribution in [1.29, 1.82) is 5.26 Å². The molecule has 0 fully saturated rings. The molecule has 1 heterocycles. The lowest BCUT2D eigenvalue weighted by Crippen LogP contribution is -2.24. The number of hydrogen-bond donors (Lipinski definition) is 0. The predicted octanol–water partition coefficient (Wildman–Crippen LogP) is 1.76. The van der Waals surface area contributed by atoms with Crippen LogP contribution in [0.5, 0.6) is 0 Å². The maximum absolute atomic E-state index is 12.5. The standard InChI is InChI=1S/C17H17N3O2/c1-19(2)16(21)10-14-8-9-15(20(14)3)17(22)13-6-4-12(11-18)5-7-13/h4-9H,10H2,1-3H3. The normalized spacial score (nSPS) is 10.1. The minimum absolute atomic E-state index is 0.0152. The zero-order valence-corrected chi connectivity index (χ0v) is 12.8. The van der Waals surface area contributed by atoms with Crippen LogP contribution in [-0.4, -0.2) is 35.3 Å². The van der Waals surface area contributed by atoms with E-state index in [0.29, 0.717) is 16.8 Å². The fourth-order valence-electron chi connectivity index (χ4n) is 2.12. The molecule has 1 aromatic carbocycles. The highest BCUT2D eigenvalue weighted by Crippen LogP contribution is 2.15. The summed E-state index contributed by atoms with van der Waals surface area (Å²) < 4.78 is 1.74. The first kappa shape index (κ1) is 15.5. The van der Waals surface area contributed by atoms with Crippen LogP contribution in [-0.2, 0) is 18.3 Å². The Morgan fingerprint density at radius 2 is 1.77 bits per heavy atom. The van der Waals surface area contributed by atoms with Crippen molar-refractivity contribution in [2.45, 2.75) is 6.42 Å². The van der Waals surface area contributed by atoms with Crippen molar-refractivity contribution in [2.75, 3.05) is 14.1 Å². The van der Waals surface area contributed by atoms with E-state index in [-0.39, 0.29) is 18.1 Å². The Labute approximate surface area is 129 Å². The monoisotopic (exact) mass is 295 g/mol. The number of hydrogen-bond acceptors (Lipinski definition) is 3. The van der Waals surface area contributed by atoms with Crippen LogP contribution >= 0.6 is 0 Å². The molecule has 0 atom stereocenters. The van der Waals surface area contributed by atoms with Gasteiger partial charge in [-0.1, -0.05) is 0 Å². The lowest BCUT2D eigenvalue weighted by atomic mass is 10.1. The van der Waals surface area contributed by atoms with Crippen molar-refractivity contribution in [3.63, 3.8) is 0 Å². The summed E-state index contributed by atoms with van der Waals surface area (Å²) in [6.45, 7) is 0. The Morgan fingerprint density at radius 3 is 2.32 bits per heavy atom. The van der Waals surface area contributed by atoms with Crippen molar-refractivity contribution in [2.24, 2.45) is 7.05 Å². The molecule has 0 unspecified atom stereocenters. The summed E-state index contributed by atoms with van der Waals surface area (Å²) in [6.07, 6.45) is 0.254. The van der Waals surface area contributed by atoms with Gasteiger partial charge < -0.3 is 9.47 Å². The quantitative estimate of drug-likeness (QED) is 0.807. The minimum atomic E-state index is -0.129. The number of ketones is 1. The van der Waals surface area contributed by atoms with Gasteiger partial charge in [0, 0.05) is 32.4 Å². The van der Waals surface area contributed by atoms with Crippen LogP contribution in [0.25, 0.3) is 0 Å². The van der Waals surface area contributed by atoms with Crippen LogP contribution in [0, 0.1) is 11.3 Å². The van der Waals surface area contributed by atoms with E-state index in [1.807, 2.05) is 6.07 Å². The second-order valence-electron chi connectivity index (χ2n) is 5.25. The number of likely N-dealkylation sites (N-methyl/N-ethyl adjacent to an activating group) is 1. The van der Waals surface area contributed by atoms with Gasteiger partial charge in [-0.25, -0.2) is 0 Å². The molecule has 22 heavy (non-hydrogen) atoms. The fourth-order valence-corrected chi connectivity index (χ4v) is 2.12. The first-order valence-electron chi connectivity index (χ1n) is 6.83. The van der Waals surface area contributed by atoms with Crippen molar-refractivity contribution in [3.8, 4) is 6.07 Å². The van der Waals surface area contributed by atoms with E-state index in [0.717, 1.165) is 5.69 Å². The van der Waals surface area contributed by atoms with E-state index in [1.165, 1.54) is 4.90 Å². The van der Waals surface area contributed by atoms with Crippen LogP contribution in [0.15, 0.2) is 36.4 Å². The van der Waals surface area contributed by atoms with Crippen molar-refractivity contribution < 1.29 is 9.59 Å². The topological polar surface area (TPSA) is 66.1 Å². The van der Waals surface area contributed by atoms with Crippen LogP contribution in [0.4, 0.5) is 0 Å². The second kappa shape index (κ2) is 6.27. The second-order valence-corrected chi connectivity index (χ2v) is 5.25. The van der Waals surface area contributed by atoms with Gasteiger partial charge in [0.2, 0.25) is 11.7 Å². The third-order valence-electron chi connectivity index (χ3n) is 3.57. The maximum atomic E-state index is 12.5. The summed E-state index contributed by atoms with van der Waals surface area (Å²) in [5, 5.41) is 8.79. The van der Waals surface area contributed by atoms with E-state index in [1.54, 1.807) is 62.1 Å². The van der Waals surface area contributed by atoms with Gasteiger partial charge >= 0.3 is 0 Å². The molecule has 0 saturated heterocycles. The van der Waals surface area contributed by atoms with Gasteiger partial charge in [-0.05, 0) is 36.4 Å². The molecular formula is C17H17N3O2. The van der Waals surface area contributed by atoms with Gasteiger partial charge in [-0.15, -0.1) is 0 Å². The molecule has 2 aromatic rings. The summed E-state index contributed by atoms with van der Waals surface area (Å²) in [4.78, 5) is 25.8. The van der Waals surface area contributed by atoms with Gasteiger partial charge in [0.25, 0.3) is 0 Å². The lowest BCUT2D eigenvalue weighted by molar-refractivity contribution is -0.128. The van der Waals surface area contributed by atoms with Crippen molar-refractivity contribution >= 4 is 11.7 Å². The third-order valence-corrected chi connectivity index (χ3v) is 3.57. The maximum Gasteiger partial charge on any atom is 0.227 e. The summed E-state index contributed by atoms with van der Waals surface area (Å²) in [5.41, 5.74) is 2.34. The average Bonchev–Trinajstić information content (AvgIpc) is 2.87. The molecule has 0 bridgehead atoms. The number of nitriles is 1. The molecule has 112 valence electrons. The Morgan fingerprint density at radius 1 is 1.14 bits per heavy atom. The Kier molecular flexibility index (Phi) is 4.42. The van der Waals surface area contributed by atoms with Gasteiger partial charge in [-0.2, -0.15) is 5.26 Å². The SMILES string of the molecule is CN(C)C(=O)Cc1ccc(C(=O)c2ccc(C#N)cc2)n1C. The highest BCUT2D eigenvalue weighted by Gasteiger charge is 2.16. The average molecular weight is 295 g/mol. The summed E-state index contributed by atoms with van der Waals surface area (Å²) >= 11 is 0. The lowest BCUT2D eigenvalue weighted by Gasteiger charge is -2.11. The largest absolute Gasteiger partial charge is 0.348 e. The van der Waals surface area contributed by atoms with Crippen LogP contribution in [0.3, 0.4) is 0 Å². The number of aromatic nitrogens is 1. The molecule has 0 aliphatic rings. The van der Waals surface area contributed by atoms with Crippen molar-refractivity contribution in [3.05, 3.63) is 58.9 Å². The van der Waals surface area contributed by atoms with Gasteiger partial charge in [0.15, 0.2) is 0 Å². The van der Waals surface area contributed by atoms with E-state index >= 15 is 0 Å². The Balaban J connectivity index is 2.25. The molecule has 1 amide bonds. The van der Waals surface area contributed by atoms with Crippen LogP contribution in [0.2, 0.25) is 0 Å². The van der Waals surface area contributed by atoms with Gasteiger partial charge in [0.1, 0.15) is 0 Å². The predicted molar refractivity (Wildman–Crippen MR) is 82.4 cm³/mol. The molecule has 0 spiro atoms. The van der Waals surface area contributed by atoms with Crippen molar-refractivity contribution in [1.82, 2.24) is 9.47 Å². The van der Waals surface area contributed by atoms with E-state index in [4.69, 9.17) is 5.26 Å². The first-order chi connectivity index (χ1) is 10.4. The first-order valence-corrected chi connectivity index (χ1v) is 6.83. The van der Waals surface area contributed by atoms with Crippen LogP contribution < -0.4 is 0 Å². The molecule has 0 N–H and O–H groups in total. The molecule has 0 saturated carbocycles. The molecule has 0 radical (unpaired) electrons. The molecule has 1 aromatic heterocycles. The smallest absolute Gasteiger partial charge is 0.227 e. The van der Waals surface area contributed by atoms with E-state index < -0.39 is 0 Å². The summed E-state index contributed by atoms with van der Waals surface area (Å²) in [6, 6.07) is 12.0. The van der Waals surface area contributed by atoms with Gasteiger partial charge in [0.05, 0.1) is 23.7 Å². The van der Waals surface area contributed by atoms with Crippen LogP contribution in [0.1, 0.15) is 27.3 Å². The molecule has 0 aliphatic carbocycles. The highest BCUT2D eigenvalue weighted by molar-refractivity contribution is 6.08. The zero-order valence-electron chi connectivity index (χ0n) is 12.8. The Bertz CT molecular complexity index is 749. The molecule has 2 rings (SSSR count). The number of amides is 1. The molecule has 5 heteroatoms. The molecule has 5 nitrogen and oxygen atoms in total. The minimum Gasteiger partial charge on any atom is -0.348 e. The molecular weight excluding hydrogens is 278 g/mol. The Hall–Kier alpha value is -2.87. The third kappa shape index (κ3) is 3.07. The summed E-state index contributed by atoms with van der Waals surface area (Å²) in [7, 11) is 5.18. The molecule has 0 aliphatic heterocycles. The summed E-state index contributed by atoms with van der Waals surface area (Å²) in [5.74, 6) is -0.144. The van der Waals surface area contributed by atoms with E-state index in [9.17, 15) is 9.59 Å². The number of rotatable bonds is 4. The van der Waals surface area contributed by atoms with Gasteiger partial charge in [-0.3, -0.25) is 9.59 Å². The number of carbonyl (C=O) groups excluding carboxylic acids is 2. The number of nitrogens with zero attached hydrogens (tertiary/aromatic N) is 3. The number of benzene rings is 1. The number of carbonyl (C=O) groups is 2.